The van der Waals surface area contributed by atoms with Gasteiger partial charge < -0.3 is 9.80 Å². The Hall–Kier alpha value is -1.69. The molecule has 2 fully saturated rings. The predicted molar refractivity (Wildman–Crippen MR) is 76.4 cm³/mol. The van der Waals surface area contributed by atoms with Crippen LogP contribution in [0.1, 0.15) is 6.42 Å². The van der Waals surface area contributed by atoms with Crippen LogP contribution in [0.2, 0.25) is 0 Å². The zero-order valence-electron chi connectivity index (χ0n) is 12.1. The van der Waals surface area contributed by atoms with Gasteiger partial charge in [0.25, 0.3) is 0 Å². The summed E-state index contributed by atoms with van der Waals surface area (Å²) in [4.78, 5) is 26.5. The summed E-state index contributed by atoms with van der Waals surface area (Å²) in [7, 11) is 3.62. The smallest absolute Gasteiger partial charge is 0.236 e. The Bertz CT molecular complexity index is 484. The molecule has 0 radical (unpaired) electrons. The average molecular weight is 275 g/mol. The van der Waals surface area contributed by atoms with Crippen LogP contribution in [0.25, 0.3) is 0 Å². The molecule has 2 aliphatic heterocycles. The first kappa shape index (κ1) is 13.3. The third kappa shape index (κ3) is 2.47. The van der Waals surface area contributed by atoms with Crippen LogP contribution in [0.15, 0.2) is 18.5 Å². The molecular weight excluding hydrogens is 254 g/mol. The molecule has 0 N–H and O–H groups in total. The molecule has 0 aromatic carbocycles. The molecule has 6 nitrogen and oxygen atoms in total. The minimum Gasteiger partial charge on any atom is -0.348 e. The summed E-state index contributed by atoms with van der Waals surface area (Å²) in [5.74, 6) is 1.01. The molecule has 0 aliphatic carbocycles. The number of anilines is 1. The second-order valence-corrected chi connectivity index (χ2v) is 6.15. The van der Waals surface area contributed by atoms with Crippen molar-refractivity contribution in [1.29, 1.82) is 0 Å². The first-order valence-corrected chi connectivity index (χ1v) is 7.02. The third-order valence-corrected chi connectivity index (χ3v) is 4.26. The molecule has 0 unspecified atom stereocenters. The quantitative estimate of drug-likeness (QED) is 0.782. The van der Waals surface area contributed by atoms with Crippen molar-refractivity contribution in [3.63, 3.8) is 0 Å². The van der Waals surface area contributed by atoms with E-state index in [1.54, 1.807) is 17.3 Å². The zero-order valence-corrected chi connectivity index (χ0v) is 12.1. The molecule has 3 heterocycles. The number of rotatable bonds is 3. The highest BCUT2D eigenvalue weighted by atomic mass is 16.2. The molecule has 3 rings (SSSR count). The second-order valence-electron chi connectivity index (χ2n) is 6.15. The Morgan fingerprint density at radius 1 is 1.30 bits per heavy atom. The molecule has 1 aromatic rings. The highest BCUT2D eigenvalue weighted by molar-refractivity contribution is 5.77. The molecule has 108 valence electrons. The minimum absolute atomic E-state index is 0.185. The summed E-state index contributed by atoms with van der Waals surface area (Å²) < 4.78 is 0. The number of aromatic nitrogens is 2. The maximum Gasteiger partial charge on any atom is 0.236 e. The van der Waals surface area contributed by atoms with Crippen molar-refractivity contribution in [1.82, 2.24) is 19.8 Å². The SMILES string of the molecule is CN(C)C(=O)CN1CCC2(C1)CN(c1ncccn1)C2. The molecule has 6 heteroatoms. The van der Waals surface area contributed by atoms with Crippen molar-refractivity contribution in [2.24, 2.45) is 5.41 Å². The number of hydrogen-bond acceptors (Lipinski definition) is 5. The predicted octanol–water partition coefficient (Wildman–Crippen LogP) is 0.0769. The molecule has 2 saturated heterocycles. The Balaban J connectivity index is 1.53. The van der Waals surface area contributed by atoms with Gasteiger partial charge in [0.1, 0.15) is 0 Å². The van der Waals surface area contributed by atoms with Gasteiger partial charge in [-0.25, -0.2) is 9.97 Å². The van der Waals surface area contributed by atoms with Crippen LogP contribution in [-0.2, 0) is 4.79 Å². The van der Waals surface area contributed by atoms with Gasteiger partial charge in [0, 0.05) is 51.5 Å². The standard InChI is InChI=1S/C14H21N5O/c1-17(2)12(20)8-18-7-4-14(9-18)10-19(11-14)13-15-5-3-6-16-13/h3,5-6H,4,7-11H2,1-2H3. The first-order chi connectivity index (χ1) is 9.58. The van der Waals surface area contributed by atoms with Gasteiger partial charge in [-0.2, -0.15) is 0 Å². The minimum atomic E-state index is 0.185. The van der Waals surface area contributed by atoms with E-state index in [1.807, 2.05) is 20.2 Å². The Morgan fingerprint density at radius 2 is 2.00 bits per heavy atom. The lowest BCUT2D eigenvalue weighted by Crippen LogP contribution is -2.58. The Kier molecular flexibility index (Phi) is 3.33. The van der Waals surface area contributed by atoms with E-state index in [-0.39, 0.29) is 5.91 Å². The topological polar surface area (TPSA) is 52.6 Å². The molecule has 1 aromatic heterocycles. The fraction of sp³-hybridized carbons (Fsp3) is 0.643. The average Bonchev–Trinajstić information content (AvgIpc) is 2.82. The van der Waals surface area contributed by atoms with Crippen molar-refractivity contribution in [3.05, 3.63) is 18.5 Å². The van der Waals surface area contributed by atoms with E-state index < -0.39 is 0 Å². The Labute approximate surface area is 119 Å². The summed E-state index contributed by atoms with van der Waals surface area (Å²) in [5, 5.41) is 0. The van der Waals surface area contributed by atoms with Crippen LogP contribution < -0.4 is 4.90 Å². The lowest BCUT2D eigenvalue weighted by Gasteiger charge is -2.48. The van der Waals surface area contributed by atoms with Gasteiger partial charge in [-0.15, -0.1) is 0 Å². The molecule has 0 atom stereocenters. The van der Waals surface area contributed by atoms with E-state index in [1.165, 1.54) is 0 Å². The van der Waals surface area contributed by atoms with Crippen molar-refractivity contribution in [3.8, 4) is 0 Å². The highest BCUT2D eigenvalue weighted by Gasteiger charge is 2.48. The fourth-order valence-electron chi connectivity index (χ4n) is 3.11. The largest absolute Gasteiger partial charge is 0.348 e. The summed E-state index contributed by atoms with van der Waals surface area (Å²) in [6, 6.07) is 1.84. The van der Waals surface area contributed by atoms with Crippen molar-refractivity contribution in [2.45, 2.75) is 6.42 Å². The summed E-state index contributed by atoms with van der Waals surface area (Å²) >= 11 is 0. The van der Waals surface area contributed by atoms with E-state index >= 15 is 0 Å². The van der Waals surface area contributed by atoms with Crippen molar-refractivity contribution >= 4 is 11.9 Å². The molecule has 1 amide bonds. The van der Waals surface area contributed by atoms with Crippen LogP contribution >= 0.6 is 0 Å². The zero-order chi connectivity index (χ0) is 14.2. The first-order valence-electron chi connectivity index (χ1n) is 7.02. The van der Waals surface area contributed by atoms with Crippen LogP contribution in [0.5, 0.6) is 0 Å². The molecule has 2 aliphatic rings. The number of hydrogen-bond donors (Lipinski definition) is 0. The van der Waals surface area contributed by atoms with Gasteiger partial charge >= 0.3 is 0 Å². The van der Waals surface area contributed by atoms with E-state index in [0.717, 1.165) is 38.5 Å². The van der Waals surface area contributed by atoms with Gasteiger partial charge in [-0.1, -0.05) is 0 Å². The number of likely N-dealkylation sites (N-methyl/N-ethyl adjacent to an activating group) is 1. The Morgan fingerprint density at radius 3 is 2.65 bits per heavy atom. The maximum atomic E-state index is 11.8. The summed E-state index contributed by atoms with van der Waals surface area (Å²) in [5.41, 5.74) is 0.339. The summed E-state index contributed by atoms with van der Waals surface area (Å²) in [6.07, 6.45) is 4.73. The maximum absolute atomic E-state index is 11.8. The van der Waals surface area contributed by atoms with Gasteiger partial charge in [0.05, 0.1) is 6.54 Å². The number of amides is 1. The van der Waals surface area contributed by atoms with E-state index in [9.17, 15) is 4.79 Å². The molecule has 0 bridgehead atoms. The van der Waals surface area contributed by atoms with Crippen LogP contribution in [-0.4, -0.2) is 72.5 Å². The van der Waals surface area contributed by atoms with Crippen molar-refractivity contribution in [2.75, 3.05) is 51.7 Å². The fourth-order valence-corrected chi connectivity index (χ4v) is 3.11. The van der Waals surface area contributed by atoms with Crippen LogP contribution in [0.4, 0.5) is 5.95 Å². The van der Waals surface area contributed by atoms with E-state index in [0.29, 0.717) is 12.0 Å². The van der Waals surface area contributed by atoms with Crippen LogP contribution in [0.3, 0.4) is 0 Å². The summed E-state index contributed by atoms with van der Waals surface area (Å²) in [6.45, 7) is 4.57. The lowest BCUT2D eigenvalue weighted by atomic mass is 9.79. The molecule has 20 heavy (non-hydrogen) atoms. The van der Waals surface area contributed by atoms with E-state index in [2.05, 4.69) is 19.8 Å². The lowest BCUT2D eigenvalue weighted by molar-refractivity contribution is -0.129. The monoisotopic (exact) mass is 275 g/mol. The van der Waals surface area contributed by atoms with Crippen LogP contribution in [0, 0.1) is 5.41 Å². The van der Waals surface area contributed by atoms with E-state index in [4.69, 9.17) is 0 Å². The number of carbonyl (C=O) groups excluding carboxylic acids is 1. The normalized spacial score (nSPS) is 21.0. The van der Waals surface area contributed by atoms with Gasteiger partial charge in [-0.3, -0.25) is 9.69 Å². The number of carbonyl (C=O) groups is 1. The van der Waals surface area contributed by atoms with Gasteiger partial charge in [0.15, 0.2) is 0 Å². The number of likely N-dealkylation sites (tertiary alicyclic amines) is 1. The highest BCUT2D eigenvalue weighted by Crippen LogP contribution is 2.40. The molecule has 0 saturated carbocycles. The van der Waals surface area contributed by atoms with Gasteiger partial charge in [0.2, 0.25) is 11.9 Å². The third-order valence-electron chi connectivity index (χ3n) is 4.26. The molecule has 1 spiro atoms. The van der Waals surface area contributed by atoms with Gasteiger partial charge in [-0.05, 0) is 19.0 Å². The number of nitrogens with zero attached hydrogens (tertiary/aromatic N) is 5. The second kappa shape index (κ2) is 5.01. The van der Waals surface area contributed by atoms with Crippen molar-refractivity contribution < 1.29 is 4.79 Å². The molecular formula is C14H21N5O.